The zero-order valence-electron chi connectivity index (χ0n) is 11.8. The Labute approximate surface area is 129 Å². The third kappa shape index (κ3) is 3.64. The number of ether oxygens (including phenoxy) is 1. The van der Waals surface area contributed by atoms with E-state index in [2.05, 4.69) is 21.5 Å². The molecule has 2 aromatic rings. The SMILES string of the molecule is COCCN(C)CCn1c(CCl)nc2cc(Cl)ccc21. The topological polar surface area (TPSA) is 30.3 Å². The fraction of sp³-hybridized carbons (Fsp3) is 0.500. The first kappa shape index (κ1) is 15.6. The maximum atomic E-state index is 6.00. The Morgan fingerprint density at radius 3 is 2.85 bits per heavy atom. The maximum Gasteiger partial charge on any atom is 0.124 e. The van der Waals surface area contributed by atoms with Gasteiger partial charge in [0.25, 0.3) is 0 Å². The number of aromatic nitrogens is 2. The van der Waals surface area contributed by atoms with Crippen molar-refractivity contribution in [1.29, 1.82) is 0 Å². The smallest absolute Gasteiger partial charge is 0.124 e. The van der Waals surface area contributed by atoms with Gasteiger partial charge in [0, 0.05) is 31.8 Å². The Hall–Kier alpha value is -0.810. The van der Waals surface area contributed by atoms with E-state index < -0.39 is 0 Å². The predicted molar refractivity (Wildman–Crippen MR) is 83.7 cm³/mol. The quantitative estimate of drug-likeness (QED) is 0.736. The van der Waals surface area contributed by atoms with E-state index in [0.717, 1.165) is 43.1 Å². The van der Waals surface area contributed by atoms with Crippen molar-refractivity contribution in [3.05, 3.63) is 29.0 Å². The van der Waals surface area contributed by atoms with Crippen molar-refractivity contribution >= 4 is 34.2 Å². The lowest BCUT2D eigenvalue weighted by molar-refractivity contribution is 0.159. The molecule has 0 aliphatic heterocycles. The van der Waals surface area contributed by atoms with Crippen LogP contribution in [0.2, 0.25) is 5.02 Å². The molecule has 0 unspecified atom stereocenters. The van der Waals surface area contributed by atoms with E-state index in [9.17, 15) is 0 Å². The zero-order chi connectivity index (χ0) is 14.5. The lowest BCUT2D eigenvalue weighted by atomic mass is 10.3. The van der Waals surface area contributed by atoms with Crippen LogP contribution in [0, 0.1) is 0 Å². The van der Waals surface area contributed by atoms with Crippen LogP contribution in [-0.2, 0) is 17.2 Å². The van der Waals surface area contributed by atoms with Gasteiger partial charge in [0.2, 0.25) is 0 Å². The normalized spacial score (nSPS) is 11.7. The molecule has 110 valence electrons. The van der Waals surface area contributed by atoms with Gasteiger partial charge in [-0.05, 0) is 25.2 Å². The van der Waals surface area contributed by atoms with Crippen LogP contribution >= 0.6 is 23.2 Å². The minimum atomic E-state index is 0.397. The number of halogens is 2. The Morgan fingerprint density at radius 2 is 2.15 bits per heavy atom. The van der Waals surface area contributed by atoms with Crippen molar-refractivity contribution in [2.24, 2.45) is 0 Å². The molecule has 1 aromatic carbocycles. The molecule has 0 fully saturated rings. The first-order valence-electron chi connectivity index (χ1n) is 6.54. The van der Waals surface area contributed by atoms with Crippen LogP contribution in [-0.4, -0.2) is 48.3 Å². The summed E-state index contributed by atoms with van der Waals surface area (Å²) in [5, 5.41) is 0.695. The molecule has 0 atom stereocenters. The summed E-state index contributed by atoms with van der Waals surface area (Å²) in [6, 6.07) is 5.75. The van der Waals surface area contributed by atoms with Crippen LogP contribution in [0.5, 0.6) is 0 Å². The summed E-state index contributed by atoms with van der Waals surface area (Å²) in [6.07, 6.45) is 0. The van der Waals surface area contributed by atoms with Crippen LogP contribution in [0.15, 0.2) is 18.2 Å². The Bertz CT molecular complexity index is 571. The molecule has 1 heterocycles. The number of methoxy groups -OCH3 is 1. The van der Waals surface area contributed by atoms with Crippen molar-refractivity contribution in [2.75, 3.05) is 33.9 Å². The van der Waals surface area contributed by atoms with Crippen LogP contribution in [0.25, 0.3) is 11.0 Å². The van der Waals surface area contributed by atoms with Crippen LogP contribution < -0.4 is 0 Å². The van der Waals surface area contributed by atoms with Crippen LogP contribution in [0.3, 0.4) is 0 Å². The van der Waals surface area contributed by atoms with Gasteiger partial charge in [0.1, 0.15) is 5.82 Å². The molecule has 0 spiro atoms. The van der Waals surface area contributed by atoms with Gasteiger partial charge in [0.05, 0.1) is 23.5 Å². The first-order chi connectivity index (χ1) is 9.65. The average Bonchev–Trinajstić information content (AvgIpc) is 2.79. The molecule has 0 N–H and O–H groups in total. The number of likely N-dealkylation sites (N-methyl/N-ethyl adjacent to an activating group) is 1. The number of hydrogen-bond donors (Lipinski definition) is 0. The highest BCUT2D eigenvalue weighted by Crippen LogP contribution is 2.21. The molecule has 6 heteroatoms. The van der Waals surface area contributed by atoms with Gasteiger partial charge in [-0.1, -0.05) is 11.6 Å². The van der Waals surface area contributed by atoms with E-state index in [-0.39, 0.29) is 0 Å². The summed E-state index contributed by atoms with van der Waals surface area (Å²) in [7, 11) is 3.79. The molecular weight excluding hydrogens is 297 g/mol. The molecule has 1 aromatic heterocycles. The molecule has 0 amide bonds. The summed E-state index contributed by atoms with van der Waals surface area (Å²) in [6.45, 7) is 3.41. The van der Waals surface area contributed by atoms with Gasteiger partial charge < -0.3 is 14.2 Å². The number of imidazole rings is 1. The van der Waals surface area contributed by atoms with E-state index >= 15 is 0 Å². The Kier molecular flexibility index (Phi) is 5.66. The Morgan fingerprint density at radius 1 is 1.35 bits per heavy atom. The summed E-state index contributed by atoms with van der Waals surface area (Å²) < 4.78 is 7.24. The third-order valence-electron chi connectivity index (χ3n) is 3.29. The van der Waals surface area contributed by atoms with E-state index in [1.165, 1.54) is 0 Å². The fourth-order valence-electron chi connectivity index (χ4n) is 2.13. The first-order valence-corrected chi connectivity index (χ1v) is 7.45. The fourth-order valence-corrected chi connectivity index (χ4v) is 2.50. The molecule has 0 aliphatic carbocycles. The van der Waals surface area contributed by atoms with Crippen molar-refractivity contribution in [1.82, 2.24) is 14.5 Å². The van der Waals surface area contributed by atoms with Crippen LogP contribution in [0.1, 0.15) is 5.82 Å². The summed E-state index contributed by atoms with van der Waals surface area (Å²) >= 11 is 12.0. The Balaban J connectivity index is 2.15. The van der Waals surface area contributed by atoms with E-state index in [0.29, 0.717) is 10.9 Å². The summed E-state index contributed by atoms with van der Waals surface area (Å²) in [5.41, 5.74) is 1.97. The molecule has 0 saturated carbocycles. The minimum absolute atomic E-state index is 0.397. The second kappa shape index (κ2) is 7.27. The average molecular weight is 316 g/mol. The monoisotopic (exact) mass is 315 g/mol. The zero-order valence-corrected chi connectivity index (χ0v) is 13.3. The molecule has 0 radical (unpaired) electrons. The lowest BCUT2D eigenvalue weighted by Gasteiger charge is -2.17. The highest BCUT2D eigenvalue weighted by atomic mass is 35.5. The van der Waals surface area contributed by atoms with Gasteiger partial charge >= 0.3 is 0 Å². The molecule has 4 nitrogen and oxygen atoms in total. The summed E-state index contributed by atoms with van der Waals surface area (Å²) in [4.78, 5) is 6.76. The van der Waals surface area contributed by atoms with Crippen molar-refractivity contribution in [2.45, 2.75) is 12.4 Å². The van der Waals surface area contributed by atoms with Gasteiger partial charge in [-0.25, -0.2) is 4.98 Å². The number of fused-ring (bicyclic) bond motifs is 1. The maximum absolute atomic E-state index is 6.00. The van der Waals surface area contributed by atoms with E-state index in [1.54, 1.807) is 7.11 Å². The molecule has 20 heavy (non-hydrogen) atoms. The summed E-state index contributed by atoms with van der Waals surface area (Å²) in [5.74, 6) is 1.28. The number of hydrogen-bond acceptors (Lipinski definition) is 3. The van der Waals surface area contributed by atoms with Gasteiger partial charge in [0.15, 0.2) is 0 Å². The molecular formula is C14H19Cl2N3O. The minimum Gasteiger partial charge on any atom is -0.383 e. The van der Waals surface area contributed by atoms with Gasteiger partial charge in [-0.2, -0.15) is 0 Å². The van der Waals surface area contributed by atoms with Crippen molar-refractivity contribution in [3.8, 4) is 0 Å². The third-order valence-corrected chi connectivity index (χ3v) is 3.77. The highest BCUT2D eigenvalue weighted by molar-refractivity contribution is 6.31. The van der Waals surface area contributed by atoms with Crippen molar-refractivity contribution < 1.29 is 4.74 Å². The standard InChI is InChI=1S/C14H19Cl2N3O/c1-18(7-8-20-2)5-6-19-13-4-3-11(16)9-12(13)17-14(19)10-15/h3-4,9H,5-8,10H2,1-2H3. The number of rotatable bonds is 7. The second-order valence-corrected chi connectivity index (χ2v) is 5.45. The highest BCUT2D eigenvalue weighted by Gasteiger charge is 2.10. The van der Waals surface area contributed by atoms with Gasteiger partial charge in [-0.15, -0.1) is 11.6 Å². The van der Waals surface area contributed by atoms with E-state index in [1.807, 2.05) is 18.2 Å². The largest absolute Gasteiger partial charge is 0.383 e. The molecule has 0 aliphatic rings. The van der Waals surface area contributed by atoms with E-state index in [4.69, 9.17) is 27.9 Å². The van der Waals surface area contributed by atoms with Crippen molar-refractivity contribution in [3.63, 3.8) is 0 Å². The molecule has 2 rings (SSSR count). The number of nitrogens with zero attached hydrogens (tertiary/aromatic N) is 3. The van der Waals surface area contributed by atoms with Gasteiger partial charge in [-0.3, -0.25) is 0 Å². The molecule has 0 bridgehead atoms. The number of benzene rings is 1. The second-order valence-electron chi connectivity index (χ2n) is 4.74. The lowest BCUT2D eigenvalue weighted by Crippen LogP contribution is -2.27. The number of alkyl halides is 1. The predicted octanol–water partition coefficient (Wildman–Crippen LogP) is 3.01. The van der Waals surface area contributed by atoms with Crippen LogP contribution in [0.4, 0.5) is 0 Å². The molecule has 0 saturated heterocycles.